The Labute approximate surface area is 506 Å². The van der Waals surface area contributed by atoms with Crippen molar-refractivity contribution in [2.24, 2.45) is 5.73 Å². The summed E-state index contributed by atoms with van der Waals surface area (Å²) in [5, 5.41) is 142. The van der Waals surface area contributed by atoms with Gasteiger partial charge in [0, 0.05) is 0 Å². The maximum Gasteiger partial charge on any atom is 0.472 e. The third-order valence-corrected chi connectivity index (χ3v) is 18.1. The molecule has 1 aliphatic carbocycles. The minimum absolute atomic E-state index is 0.0747. The molecule has 504 valence electrons. The molecule has 0 aromatic carbocycles. The Balaban J connectivity index is 1.59. The van der Waals surface area contributed by atoms with Crippen LogP contribution in [0.2, 0.25) is 0 Å². The summed E-state index contributed by atoms with van der Waals surface area (Å²) in [5.74, 6) is -0.943. The monoisotopic (exact) mass is 1250 g/mol. The zero-order valence-electron chi connectivity index (χ0n) is 51.3. The van der Waals surface area contributed by atoms with Crippen molar-refractivity contribution in [2.75, 3.05) is 19.8 Å². The number of nitrogens with two attached hydrogens (primary N) is 1. The Morgan fingerprint density at radius 3 is 1.34 bits per heavy atom. The number of carbonyl (C=O) groups excluding carboxylic acids is 1. The molecule has 2 heterocycles. The summed E-state index contributed by atoms with van der Waals surface area (Å²) in [6.45, 7) is 1.88. The van der Waals surface area contributed by atoms with Crippen LogP contribution in [0, 0.1) is 0 Å². The lowest BCUT2D eigenvalue weighted by molar-refractivity contribution is -0.334. The Hall–Kier alpha value is -1.14. The van der Waals surface area contributed by atoms with Crippen LogP contribution in [0.4, 0.5) is 0 Å². The first-order valence-corrected chi connectivity index (χ1v) is 34.3. The molecule has 1 amide bonds. The van der Waals surface area contributed by atoms with Crippen molar-refractivity contribution >= 4 is 13.7 Å². The Bertz CT molecular complexity index is 1740. The average Bonchev–Trinajstić information content (AvgIpc) is 2.86. The van der Waals surface area contributed by atoms with Gasteiger partial charge < -0.3 is 101 Å². The van der Waals surface area contributed by atoms with Gasteiger partial charge in [0.15, 0.2) is 12.6 Å². The molecule has 85 heavy (non-hydrogen) atoms. The molecule has 1 saturated carbocycles. The zero-order chi connectivity index (χ0) is 62.7. The fourth-order valence-corrected chi connectivity index (χ4v) is 12.4. The van der Waals surface area contributed by atoms with E-state index in [9.17, 15) is 80.6 Å². The van der Waals surface area contributed by atoms with Gasteiger partial charge in [-0.2, -0.15) is 0 Å². The molecule has 0 aromatic heterocycles. The van der Waals surface area contributed by atoms with Crippen LogP contribution in [-0.2, 0) is 37.4 Å². The molecule has 0 bridgehead atoms. The minimum Gasteiger partial charge on any atom is -0.394 e. The van der Waals surface area contributed by atoms with Gasteiger partial charge in [-0.25, -0.2) is 4.57 Å². The first-order valence-electron chi connectivity index (χ1n) is 32.8. The number of nitrogens with one attached hydrogen (secondary N) is 1. The summed E-state index contributed by atoms with van der Waals surface area (Å²) in [5.41, 5.74) is 6.13. The van der Waals surface area contributed by atoms with E-state index in [2.05, 4.69) is 19.2 Å². The van der Waals surface area contributed by atoms with E-state index >= 15 is 0 Å². The van der Waals surface area contributed by atoms with Crippen molar-refractivity contribution < 1.29 is 109 Å². The van der Waals surface area contributed by atoms with Crippen molar-refractivity contribution in [1.29, 1.82) is 0 Å². The van der Waals surface area contributed by atoms with Crippen LogP contribution < -0.4 is 11.1 Å². The van der Waals surface area contributed by atoms with E-state index < -0.39 is 156 Å². The quantitative estimate of drug-likeness (QED) is 0.0304. The predicted molar refractivity (Wildman–Crippen MR) is 316 cm³/mol. The first kappa shape index (κ1) is 78.1. The van der Waals surface area contributed by atoms with Crippen molar-refractivity contribution in [3.8, 4) is 0 Å². The molecular formula is C60H117N2O22P. The maximum absolute atomic E-state index is 13.8. The van der Waals surface area contributed by atoms with Crippen LogP contribution in [0.1, 0.15) is 232 Å². The van der Waals surface area contributed by atoms with E-state index in [1.165, 1.54) is 128 Å². The molecule has 24 nitrogen and oxygen atoms in total. The lowest BCUT2D eigenvalue weighted by atomic mass is 9.84. The summed E-state index contributed by atoms with van der Waals surface area (Å²) in [7, 11) is -5.58. The second kappa shape index (κ2) is 44.4. The molecule has 3 aliphatic rings. The first-order chi connectivity index (χ1) is 40.7. The fourth-order valence-electron chi connectivity index (χ4n) is 11.4. The number of unbranched alkanes of at least 4 members (excludes halogenated alkanes) is 30. The van der Waals surface area contributed by atoms with Crippen molar-refractivity contribution in [1.82, 2.24) is 5.32 Å². The highest BCUT2D eigenvalue weighted by atomic mass is 31.2. The van der Waals surface area contributed by atoms with Crippen molar-refractivity contribution in [2.45, 2.75) is 354 Å². The highest BCUT2D eigenvalue weighted by Gasteiger charge is 2.56. The van der Waals surface area contributed by atoms with Crippen LogP contribution in [0.5, 0.6) is 0 Å². The van der Waals surface area contributed by atoms with Crippen molar-refractivity contribution in [3.63, 3.8) is 0 Å². The van der Waals surface area contributed by atoms with Gasteiger partial charge in [-0.1, -0.05) is 219 Å². The molecule has 3 fully saturated rings. The number of aliphatic hydroxyl groups is 13. The zero-order valence-corrected chi connectivity index (χ0v) is 52.2. The Morgan fingerprint density at radius 1 is 0.506 bits per heavy atom. The topological polar surface area (TPSA) is 411 Å². The predicted octanol–water partition coefficient (Wildman–Crippen LogP) is 3.79. The van der Waals surface area contributed by atoms with E-state index in [4.69, 9.17) is 33.7 Å². The molecular weight excluding hydrogens is 1130 g/mol. The highest BCUT2D eigenvalue weighted by Crippen LogP contribution is 2.48. The fraction of sp³-hybridized carbons (Fsp3) is 0.983. The average molecular weight is 1250 g/mol. The second-order valence-corrected chi connectivity index (χ2v) is 25.8. The lowest BCUT2D eigenvalue weighted by Crippen LogP contribution is -2.68. The third-order valence-electron chi connectivity index (χ3n) is 17.2. The van der Waals surface area contributed by atoms with Gasteiger partial charge in [0.2, 0.25) is 5.91 Å². The molecule has 21 atom stereocenters. The van der Waals surface area contributed by atoms with Crippen LogP contribution in [-0.4, -0.2) is 219 Å². The largest absolute Gasteiger partial charge is 0.472 e. The van der Waals surface area contributed by atoms with E-state index in [0.29, 0.717) is 12.8 Å². The molecule has 25 heteroatoms. The summed E-state index contributed by atoms with van der Waals surface area (Å²) >= 11 is 0. The van der Waals surface area contributed by atoms with Gasteiger partial charge in [0.1, 0.15) is 91.6 Å². The normalized spacial score (nSPS) is 31.3. The Kier molecular flexibility index (Phi) is 40.8. The summed E-state index contributed by atoms with van der Waals surface area (Å²) < 4.78 is 46.7. The number of hydrogen-bond donors (Lipinski definition) is 16. The number of aliphatic hydroxyl groups excluding tert-OH is 13. The molecule has 17 N–H and O–H groups in total. The van der Waals surface area contributed by atoms with E-state index in [-0.39, 0.29) is 12.8 Å². The SMILES string of the molecule is CCCCCCCCCCCCCCCCCCCCCCC(O)C(=O)NC(COP(=O)(O)OC1C(O)C(O)C(O)C(O)C1OC1OC(COC2OC(CO)C(O)C(O)C2O)C(O)C(O)C1N)C(O)C(O)CCCCCCCCCCCCCC. The number of carbonyl (C=O) groups is 1. The van der Waals surface area contributed by atoms with Gasteiger partial charge in [-0.3, -0.25) is 13.8 Å². The van der Waals surface area contributed by atoms with Crippen molar-refractivity contribution in [3.05, 3.63) is 0 Å². The lowest BCUT2D eigenvalue weighted by Gasteiger charge is -2.47. The van der Waals surface area contributed by atoms with Gasteiger partial charge in [-0.05, 0) is 12.8 Å². The smallest absolute Gasteiger partial charge is 0.394 e. The number of amides is 1. The van der Waals surface area contributed by atoms with Crippen LogP contribution in [0.3, 0.4) is 0 Å². The molecule has 2 saturated heterocycles. The molecule has 0 radical (unpaired) electrons. The van der Waals surface area contributed by atoms with Crippen LogP contribution >= 0.6 is 7.82 Å². The van der Waals surface area contributed by atoms with Gasteiger partial charge in [0.25, 0.3) is 0 Å². The van der Waals surface area contributed by atoms with E-state index in [1.807, 2.05) is 0 Å². The number of rotatable bonds is 49. The summed E-state index contributed by atoms with van der Waals surface area (Å²) in [6, 6.07) is -3.32. The van der Waals surface area contributed by atoms with Gasteiger partial charge >= 0.3 is 7.82 Å². The molecule has 21 unspecified atom stereocenters. The Morgan fingerprint density at radius 2 is 0.894 bits per heavy atom. The van der Waals surface area contributed by atoms with Gasteiger partial charge in [-0.15, -0.1) is 0 Å². The van der Waals surface area contributed by atoms with E-state index in [0.717, 1.165) is 64.2 Å². The highest BCUT2D eigenvalue weighted by molar-refractivity contribution is 7.47. The summed E-state index contributed by atoms with van der Waals surface area (Å²) in [4.78, 5) is 24.6. The summed E-state index contributed by atoms with van der Waals surface area (Å²) in [6.07, 6.45) is 2.82. The molecule has 0 aromatic rings. The van der Waals surface area contributed by atoms with Crippen LogP contribution in [0.25, 0.3) is 0 Å². The minimum atomic E-state index is -5.58. The standard InChI is InChI=1S/C60H117N2O22P/c1-3-5-7-9-11-13-15-17-18-19-20-21-22-23-24-26-28-30-32-34-36-42(65)58(76)62-40(46(66)41(64)35-33-31-29-27-25-16-14-12-10-8-6-4-2)38-80-85(77,78)84-57-54(74)52(72)51(71)53(73)56(57)83-59-45(61)49(69)48(68)44(82-59)39-79-60-55(75)50(70)47(67)43(37-63)81-60/h40-57,59-60,63-75H,3-39,61H2,1-2H3,(H,62,76)(H,77,78). The van der Waals surface area contributed by atoms with Gasteiger partial charge in [0.05, 0.1) is 38.0 Å². The van der Waals surface area contributed by atoms with Crippen LogP contribution in [0.15, 0.2) is 0 Å². The number of ether oxygens (including phenoxy) is 4. The molecule has 0 spiro atoms. The second-order valence-electron chi connectivity index (χ2n) is 24.4. The maximum atomic E-state index is 13.8. The third kappa shape index (κ3) is 28.9. The number of hydrogen-bond acceptors (Lipinski definition) is 22. The molecule has 2 aliphatic heterocycles. The van der Waals surface area contributed by atoms with E-state index in [1.54, 1.807) is 0 Å². The number of phosphoric acid groups is 1. The molecule has 3 rings (SSSR count). The number of phosphoric ester groups is 1.